The largest absolute Gasteiger partial charge is 0.263 e. The molecule has 1 aromatic heterocycles. The molecule has 0 aliphatic carbocycles. The van der Waals surface area contributed by atoms with Crippen molar-refractivity contribution in [2.75, 3.05) is 5.75 Å². The number of sulfonamides is 1. The van der Waals surface area contributed by atoms with Crippen molar-refractivity contribution in [1.29, 1.82) is 0 Å². The Kier molecular flexibility index (Phi) is 3.45. The van der Waals surface area contributed by atoms with Crippen LogP contribution in [0.25, 0.3) is 0 Å². The van der Waals surface area contributed by atoms with Gasteiger partial charge in [0.2, 0.25) is 10.0 Å². The van der Waals surface area contributed by atoms with Crippen molar-refractivity contribution in [2.45, 2.75) is 10.9 Å². The van der Waals surface area contributed by atoms with Crippen molar-refractivity contribution in [3.05, 3.63) is 35.0 Å². The van der Waals surface area contributed by atoms with Crippen LogP contribution >= 0.6 is 11.6 Å². The molecule has 18 heavy (non-hydrogen) atoms. The second-order valence-electron chi connectivity index (χ2n) is 3.69. The Bertz CT molecular complexity index is 697. The summed E-state index contributed by atoms with van der Waals surface area (Å²) < 4.78 is 48.5. The molecule has 6 nitrogen and oxygen atoms in total. The van der Waals surface area contributed by atoms with Crippen LogP contribution < -0.4 is 4.72 Å². The molecule has 0 radical (unpaired) electrons. The average molecular weight is 309 g/mol. The van der Waals surface area contributed by atoms with Crippen LogP contribution in [0.4, 0.5) is 0 Å². The Hall–Kier alpha value is -0.960. The van der Waals surface area contributed by atoms with Gasteiger partial charge in [0.05, 0.1) is 16.8 Å². The smallest absolute Gasteiger partial charge is 0.244 e. The van der Waals surface area contributed by atoms with Crippen molar-refractivity contribution in [3.8, 4) is 0 Å². The van der Waals surface area contributed by atoms with E-state index >= 15 is 0 Å². The summed E-state index contributed by atoms with van der Waals surface area (Å²) in [5, 5.41) is 1.02. The summed E-state index contributed by atoms with van der Waals surface area (Å²) in [6, 6.07) is 0.563. The Morgan fingerprint density at radius 1 is 1.44 bits per heavy atom. The molecule has 1 atom stereocenters. The fourth-order valence-corrected chi connectivity index (χ4v) is 4.44. The molecule has 2 heterocycles. The topological polar surface area (TPSA) is 93.2 Å². The first-order valence-electron chi connectivity index (χ1n) is 4.83. The van der Waals surface area contributed by atoms with Gasteiger partial charge in [-0.15, -0.1) is 0 Å². The molecule has 1 aromatic rings. The number of aromatic nitrogens is 1. The number of halogens is 1. The van der Waals surface area contributed by atoms with Gasteiger partial charge in [-0.1, -0.05) is 17.7 Å². The SMILES string of the molecule is O=S1(=O)C=CC(NS(=O)(=O)c2cnccc2Cl)C1. The maximum absolute atomic E-state index is 12.0. The average Bonchev–Trinajstić information content (AvgIpc) is 2.57. The van der Waals surface area contributed by atoms with E-state index in [-0.39, 0.29) is 15.7 Å². The lowest BCUT2D eigenvalue weighted by Gasteiger charge is -2.11. The van der Waals surface area contributed by atoms with Crippen LogP contribution in [0.1, 0.15) is 0 Å². The van der Waals surface area contributed by atoms with E-state index in [1.54, 1.807) is 0 Å². The molecule has 1 aliphatic rings. The molecule has 0 saturated carbocycles. The Morgan fingerprint density at radius 3 is 2.72 bits per heavy atom. The van der Waals surface area contributed by atoms with Gasteiger partial charge in [-0.05, 0) is 6.07 Å². The lowest BCUT2D eigenvalue weighted by molar-refractivity contribution is 0.574. The number of nitrogens with one attached hydrogen (secondary N) is 1. The van der Waals surface area contributed by atoms with E-state index in [1.807, 2.05) is 0 Å². The summed E-state index contributed by atoms with van der Waals surface area (Å²) in [6.07, 6.45) is 3.76. The lowest BCUT2D eigenvalue weighted by Crippen LogP contribution is -2.35. The Balaban J connectivity index is 2.25. The number of sulfone groups is 1. The highest BCUT2D eigenvalue weighted by Crippen LogP contribution is 2.20. The van der Waals surface area contributed by atoms with E-state index in [0.29, 0.717) is 0 Å². The third-order valence-electron chi connectivity index (χ3n) is 2.26. The molecule has 0 spiro atoms. The van der Waals surface area contributed by atoms with Gasteiger partial charge in [0.15, 0.2) is 9.84 Å². The first kappa shape index (κ1) is 13.5. The number of pyridine rings is 1. The van der Waals surface area contributed by atoms with Crippen molar-refractivity contribution in [2.24, 2.45) is 0 Å². The minimum atomic E-state index is -3.88. The van der Waals surface area contributed by atoms with Gasteiger partial charge in [-0.2, -0.15) is 0 Å². The summed E-state index contributed by atoms with van der Waals surface area (Å²) in [7, 11) is -7.20. The van der Waals surface area contributed by atoms with Gasteiger partial charge in [0.25, 0.3) is 0 Å². The molecule has 98 valence electrons. The van der Waals surface area contributed by atoms with Crippen molar-refractivity contribution < 1.29 is 16.8 Å². The molecule has 0 bridgehead atoms. The van der Waals surface area contributed by atoms with Gasteiger partial charge < -0.3 is 0 Å². The van der Waals surface area contributed by atoms with E-state index < -0.39 is 25.9 Å². The van der Waals surface area contributed by atoms with E-state index in [1.165, 1.54) is 18.3 Å². The van der Waals surface area contributed by atoms with Crippen LogP contribution in [0.2, 0.25) is 5.02 Å². The zero-order valence-corrected chi connectivity index (χ0v) is 11.3. The monoisotopic (exact) mass is 308 g/mol. The predicted octanol–water partition coefficient (Wildman–Crippen LogP) is 0.324. The van der Waals surface area contributed by atoms with Crippen LogP contribution in [0, 0.1) is 0 Å². The minimum absolute atomic E-state index is 0.0299. The summed E-state index contributed by atoms with van der Waals surface area (Å²) in [5.74, 6) is -0.288. The molecule has 0 aromatic carbocycles. The number of nitrogens with zero attached hydrogens (tertiary/aromatic N) is 1. The third kappa shape index (κ3) is 2.89. The van der Waals surface area contributed by atoms with Crippen molar-refractivity contribution in [1.82, 2.24) is 9.71 Å². The number of rotatable bonds is 3. The first-order valence-corrected chi connectivity index (χ1v) is 8.41. The van der Waals surface area contributed by atoms with Crippen LogP contribution in [0.3, 0.4) is 0 Å². The Labute approximate surface area is 110 Å². The van der Waals surface area contributed by atoms with E-state index in [4.69, 9.17) is 11.6 Å². The van der Waals surface area contributed by atoms with Crippen LogP contribution in [-0.2, 0) is 19.9 Å². The summed E-state index contributed by atoms with van der Waals surface area (Å²) in [5.41, 5.74) is 0. The summed E-state index contributed by atoms with van der Waals surface area (Å²) in [4.78, 5) is 3.50. The number of hydrogen-bond acceptors (Lipinski definition) is 5. The van der Waals surface area contributed by atoms with Crippen LogP contribution in [0.15, 0.2) is 34.8 Å². The quantitative estimate of drug-likeness (QED) is 0.868. The zero-order chi connectivity index (χ0) is 13.4. The fourth-order valence-electron chi connectivity index (χ4n) is 1.47. The van der Waals surface area contributed by atoms with E-state index in [9.17, 15) is 16.8 Å². The van der Waals surface area contributed by atoms with Gasteiger partial charge in [-0.3, -0.25) is 4.98 Å². The van der Waals surface area contributed by atoms with E-state index in [0.717, 1.165) is 11.6 Å². The molecule has 1 unspecified atom stereocenters. The summed E-state index contributed by atoms with van der Waals surface area (Å²) in [6.45, 7) is 0. The van der Waals surface area contributed by atoms with Crippen LogP contribution in [-0.4, -0.2) is 33.6 Å². The molecule has 9 heteroatoms. The molecule has 1 N–H and O–H groups in total. The van der Waals surface area contributed by atoms with Gasteiger partial charge in [-0.25, -0.2) is 21.6 Å². The Morgan fingerprint density at radius 2 is 2.17 bits per heavy atom. The highest BCUT2D eigenvalue weighted by molar-refractivity contribution is 7.94. The predicted molar refractivity (Wildman–Crippen MR) is 66.3 cm³/mol. The van der Waals surface area contributed by atoms with Gasteiger partial charge in [0, 0.05) is 17.8 Å². The van der Waals surface area contributed by atoms with Crippen molar-refractivity contribution >= 4 is 31.5 Å². The van der Waals surface area contributed by atoms with Crippen molar-refractivity contribution in [3.63, 3.8) is 0 Å². The number of hydrogen-bond donors (Lipinski definition) is 1. The molecule has 1 aliphatic heterocycles. The molecule has 2 rings (SSSR count). The molecule has 0 saturated heterocycles. The first-order chi connectivity index (χ1) is 8.30. The zero-order valence-electron chi connectivity index (χ0n) is 8.95. The van der Waals surface area contributed by atoms with Gasteiger partial charge in [0.1, 0.15) is 4.90 Å². The standard InChI is InChI=1S/C9H9ClN2O4S2/c10-8-1-3-11-5-9(8)18(15,16)12-7-2-4-17(13,14)6-7/h1-5,7,12H,6H2. The molecular weight excluding hydrogens is 300 g/mol. The van der Waals surface area contributed by atoms with Gasteiger partial charge >= 0.3 is 0 Å². The normalized spacial score (nSPS) is 22.2. The second-order valence-corrected chi connectivity index (χ2v) is 7.71. The molecule has 0 amide bonds. The highest BCUT2D eigenvalue weighted by atomic mass is 35.5. The summed E-state index contributed by atoms with van der Waals surface area (Å²) >= 11 is 5.75. The molecule has 0 fully saturated rings. The maximum Gasteiger partial charge on any atom is 0.244 e. The lowest BCUT2D eigenvalue weighted by atomic mass is 10.4. The maximum atomic E-state index is 12.0. The van der Waals surface area contributed by atoms with Crippen LogP contribution in [0.5, 0.6) is 0 Å². The fraction of sp³-hybridized carbons (Fsp3) is 0.222. The highest BCUT2D eigenvalue weighted by Gasteiger charge is 2.27. The third-order valence-corrected chi connectivity index (χ3v) is 5.61. The second kappa shape index (κ2) is 4.61. The molecular formula is C9H9ClN2O4S2. The minimum Gasteiger partial charge on any atom is -0.263 e. The van der Waals surface area contributed by atoms with E-state index in [2.05, 4.69) is 9.71 Å².